The second-order valence-corrected chi connectivity index (χ2v) is 4.76. The Morgan fingerprint density at radius 3 is 3.11 bits per heavy atom. The first-order valence-electron chi connectivity index (χ1n) is 6.48. The summed E-state index contributed by atoms with van der Waals surface area (Å²) < 4.78 is 0. The standard InChI is InChI=1S/C13H19N5/c1-2-10-4-6-18(12(7-10)9-15)13-11(8-14)3-5-16-17-13/h3,5,10,12H,2,4,6-7,9,15H2,1H3. The molecule has 18 heavy (non-hydrogen) atoms. The van der Waals surface area contributed by atoms with Crippen molar-refractivity contribution in [3.05, 3.63) is 17.8 Å². The highest BCUT2D eigenvalue weighted by molar-refractivity contribution is 5.53. The summed E-state index contributed by atoms with van der Waals surface area (Å²) in [6.45, 7) is 3.72. The summed E-state index contributed by atoms with van der Waals surface area (Å²) in [4.78, 5) is 2.15. The molecule has 2 rings (SSSR count). The summed E-state index contributed by atoms with van der Waals surface area (Å²) in [5, 5.41) is 17.1. The fraction of sp³-hybridized carbons (Fsp3) is 0.615. The molecule has 0 amide bonds. The van der Waals surface area contributed by atoms with Gasteiger partial charge in [-0.25, -0.2) is 0 Å². The quantitative estimate of drug-likeness (QED) is 0.868. The Morgan fingerprint density at radius 1 is 1.61 bits per heavy atom. The van der Waals surface area contributed by atoms with E-state index in [9.17, 15) is 0 Å². The molecule has 2 N–H and O–H groups in total. The lowest BCUT2D eigenvalue weighted by atomic mass is 9.88. The van der Waals surface area contributed by atoms with Gasteiger partial charge in [0.2, 0.25) is 0 Å². The van der Waals surface area contributed by atoms with Gasteiger partial charge in [-0.05, 0) is 24.8 Å². The Morgan fingerprint density at radius 2 is 2.44 bits per heavy atom. The van der Waals surface area contributed by atoms with E-state index >= 15 is 0 Å². The van der Waals surface area contributed by atoms with E-state index in [0.717, 1.165) is 25.3 Å². The van der Waals surface area contributed by atoms with Crippen LogP contribution in [-0.2, 0) is 0 Å². The molecule has 2 atom stereocenters. The van der Waals surface area contributed by atoms with Crippen LogP contribution in [0, 0.1) is 17.2 Å². The minimum atomic E-state index is 0.271. The minimum Gasteiger partial charge on any atom is -0.350 e. The SMILES string of the molecule is CCC1CCN(c2nnccc2C#N)C(CN)C1. The maximum Gasteiger partial charge on any atom is 0.169 e. The summed E-state index contributed by atoms with van der Waals surface area (Å²) in [7, 11) is 0. The van der Waals surface area contributed by atoms with E-state index in [4.69, 9.17) is 11.0 Å². The summed E-state index contributed by atoms with van der Waals surface area (Å²) >= 11 is 0. The van der Waals surface area contributed by atoms with Crippen molar-refractivity contribution < 1.29 is 0 Å². The number of nitriles is 1. The van der Waals surface area contributed by atoms with E-state index < -0.39 is 0 Å². The van der Waals surface area contributed by atoms with Crippen LogP contribution >= 0.6 is 0 Å². The van der Waals surface area contributed by atoms with Crippen molar-refractivity contribution in [2.45, 2.75) is 32.2 Å². The molecule has 1 fully saturated rings. The average molecular weight is 245 g/mol. The van der Waals surface area contributed by atoms with E-state index in [1.807, 2.05) is 0 Å². The van der Waals surface area contributed by atoms with Crippen LogP contribution in [0.15, 0.2) is 12.3 Å². The number of nitrogens with zero attached hydrogens (tertiary/aromatic N) is 4. The molecule has 5 nitrogen and oxygen atoms in total. The highest BCUT2D eigenvalue weighted by atomic mass is 15.3. The molecule has 0 saturated carbocycles. The van der Waals surface area contributed by atoms with Gasteiger partial charge in [-0.15, -0.1) is 5.10 Å². The van der Waals surface area contributed by atoms with Crippen molar-refractivity contribution >= 4 is 5.82 Å². The van der Waals surface area contributed by atoms with Crippen LogP contribution in [0.25, 0.3) is 0 Å². The van der Waals surface area contributed by atoms with Crippen molar-refractivity contribution in [2.75, 3.05) is 18.0 Å². The van der Waals surface area contributed by atoms with Gasteiger partial charge in [0, 0.05) is 19.1 Å². The van der Waals surface area contributed by atoms with Crippen LogP contribution in [0.3, 0.4) is 0 Å². The molecule has 96 valence electrons. The lowest BCUT2D eigenvalue weighted by Crippen LogP contribution is -2.47. The molecule has 2 unspecified atom stereocenters. The zero-order valence-electron chi connectivity index (χ0n) is 10.7. The summed E-state index contributed by atoms with van der Waals surface area (Å²) in [6.07, 6.45) is 4.96. The number of anilines is 1. The maximum absolute atomic E-state index is 9.13. The maximum atomic E-state index is 9.13. The fourth-order valence-electron chi connectivity index (χ4n) is 2.63. The van der Waals surface area contributed by atoms with E-state index in [1.165, 1.54) is 6.42 Å². The Bertz CT molecular complexity index is 439. The van der Waals surface area contributed by atoms with Crippen LogP contribution in [0.5, 0.6) is 0 Å². The second-order valence-electron chi connectivity index (χ2n) is 4.76. The largest absolute Gasteiger partial charge is 0.350 e. The highest BCUT2D eigenvalue weighted by Crippen LogP contribution is 2.29. The minimum absolute atomic E-state index is 0.271. The molecule has 0 spiro atoms. The van der Waals surface area contributed by atoms with Gasteiger partial charge < -0.3 is 10.6 Å². The van der Waals surface area contributed by atoms with Gasteiger partial charge in [0.05, 0.1) is 11.8 Å². The van der Waals surface area contributed by atoms with Crippen LogP contribution < -0.4 is 10.6 Å². The normalized spacial score (nSPS) is 23.7. The molecule has 0 bridgehead atoms. The third-order valence-corrected chi connectivity index (χ3v) is 3.77. The third-order valence-electron chi connectivity index (χ3n) is 3.77. The number of hydrogen-bond acceptors (Lipinski definition) is 5. The van der Waals surface area contributed by atoms with Gasteiger partial charge in [0.1, 0.15) is 6.07 Å². The molecule has 1 saturated heterocycles. The van der Waals surface area contributed by atoms with Crippen LogP contribution in [-0.4, -0.2) is 29.3 Å². The number of rotatable bonds is 3. The Labute approximate surface area is 108 Å². The smallest absolute Gasteiger partial charge is 0.169 e. The molecule has 0 aliphatic carbocycles. The van der Waals surface area contributed by atoms with Crippen LogP contribution in [0.4, 0.5) is 5.82 Å². The van der Waals surface area contributed by atoms with Crippen molar-refractivity contribution in [3.63, 3.8) is 0 Å². The Kier molecular flexibility index (Phi) is 4.11. The molecular formula is C13H19N5. The molecule has 5 heteroatoms. The number of piperidine rings is 1. The first-order valence-corrected chi connectivity index (χ1v) is 6.48. The number of aromatic nitrogens is 2. The summed E-state index contributed by atoms with van der Waals surface area (Å²) in [6, 6.07) is 4.16. The molecule has 1 aliphatic heterocycles. The van der Waals surface area contributed by atoms with Crippen molar-refractivity contribution in [2.24, 2.45) is 11.7 Å². The topological polar surface area (TPSA) is 78.8 Å². The molecule has 0 aromatic carbocycles. The van der Waals surface area contributed by atoms with Crippen molar-refractivity contribution in [3.8, 4) is 6.07 Å². The van der Waals surface area contributed by atoms with Crippen molar-refractivity contribution in [1.82, 2.24) is 10.2 Å². The number of nitrogens with two attached hydrogens (primary N) is 1. The molecular weight excluding hydrogens is 226 g/mol. The molecule has 0 radical (unpaired) electrons. The number of hydrogen-bond donors (Lipinski definition) is 1. The van der Waals surface area contributed by atoms with Crippen molar-refractivity contribution in [1.29, 1.82) is 5.26 Å². The Hall–Kier alpha value is -1.67. The van der Waals surface area contributed by atoms with E-state index in [-0.39, 0.29) is 6.04 Å². The summed E-state index contributed by atoms with van der Waals surface area (Å²) in [5.74, 6) is 1.42. The lowest BCUT2D eigenvalue weighted by Gasteiger charge is -2.39. The fourth-order valence-corrected chi connectivity index (χ4v) is 2.63. The van der Waals surface area contributed by atoms with Gasteiger partial charge in [0.15, 0.2) is 5.82 Å². The van der Waals surface area contributed by atoms with E-state index in [1.54, 1.807) is 12.3 Å². The van der Waals surface area contributed by atoms with Gasteiger partial charge >= 0.3 is 0 Å². The van der Waals surface area contributed by atoms with Gasteiger partial charge in [-0.1, -0.05) is 13.3 Å². The first kappa shape index (κ1) is 12.8. The lowest BCUT2D eigenvalue weighted by molar-refractivity contribution is 0.334. The predicted octanol–water partition coefficient (Wildman–Crippen LogP) is 1.30. The average Bonchev–Trinajstić information content (AvgIpc) is 2.46. The molecule has 2 heterocycles. The zero-order chi connectivity index (χ0) is 13.0. The first-order chi connectivity index (χ1) is 8.80. The molecule has 1 aromatic rings. The Balaban J connectivity index is 2.24. The van der Waals surface area contributed by atoms with Gasteiger partial charge in [-0.3, -0.25) is 0 Å². The highest BCUT2D eigenvalue weighted by Gasteiger charge is 2.29. The van der Waals surface area contributed by atoms with Crippen LogP contribution in [0.1, 0.15) is 31.7 Å². The second kappa shape index (κ2) is 5.78. The molecule has 1 aliphatic rings. The van der Waals surface area contributed by atoms with Gasteiger partial charge in [-0.2, -0.15) is 10.4 Å². The third kappa shape index (κ3) is 2.44. The van der Waals surface area contributed by atoms with Gasteiger partial charge in [0.25, 0.3) is 0 Å². The monoisotopic (exact) mass is 245 g/mol. The zero-order valence-corrected chi connectivity index (χ0v) is 10.7. The van der Waals surface area contributed by atoms with E-state index in [2.05, 4.69) is 28.1 Å². The summed E-state index contributed by atoms with van der Waals surface area (Å²) in [5.41, 5.74) is 6.45. The predicted molar refractivity (Wildman–Crippen MR) is 70.0 cm³/mol. The van der Waals surface area contributed by atoms with Crippen LogP contribution in [0.2, 0.25) is 0 Å². The van der Waals surface area contributed by atoms with E-state index in [0.29, 0.717) is 17.9 Å². The molecule has 1 aromatic heterocycles.